The lowest BCUT2D eigenvalue weighted by Gasteiger charge is -2.53. The molecule has 7 rings (SSSR count). The van der Waals surface area contributed by atoms with Gasteiger partial charge in [0.2, 0.25) is 0 Å². The highest BCUT2D eigenvalue weighted by Gasteiger charge is 2.64. The predicted octanol–water partition coefficient (Wildman–Crippen LogP) is 9.52. The van der Waals surface area contributed by atoms with Gasteiger partial charge in [0, 0.05) is 0 Å². The quantitative estimate of drug-likeness (QED) is 0.0447. The first kappa shape index (κ1) is 42.1. The van der Waals surface area contributed by atoms with E-state index in [1.807, 2.05) is 0 Å². The Labute approximate surface area is 330 Å². The minimum Gasteiger partial charge on any atom is -0.207 e. The van der Waals surface area contributed by atoms with Gasteiger partial charge in [0.05, 0.1) is 7.26 Å². The topological polar surface area (TPSA) is 0 Å². The van der Waals surface area contributed by atoms with Gasteiger partial charge in [0.25, 0.3) is 0 Å². The molecule has 7 aromatic rings. The Morgan fingerprint density at radius 1 is 0.267 bits per heavy atom. The third-order valence-corrected chi connectivity index (χ3v) is 15.5. The Bertz CT molecular complexity index is 2420. The summed E-state index contributed by atoms with van der Waals surface area (Å²) in [7, 11) is -4.74. The van der Waals surface area contributed by atoms with Crippen LogP contribution in [0.3, 0.4) is 0 Å². The van der Waals surface area contributed by atoms with Crippen molar-refractivity contribution in [2.45, 2.75) is 5.56 Å². The summed E-state index contributed by atoms with van der Waals surface area (Å²) >= 11 is 0. The van der Waals surface area contributed by atoms with Gasteiger partial charge >= 0.3 is 0 Å². The second-order valence-corrected chi connectivity index (χ2v) is 17.0. The van der Waals surface area contributed by atoms with Crippen molar-refractivity contribution in [2.24, 2.45) is 0 Å². The molecule has 0 radical (unpaired) electrons. The average Bonchev–Trinajstić information content (AvgIpc) is 3.27. The lowest BCUT2D eigenvalue weighted by molar-refractivity contribution is 0.379. The number of halogens is 15. The van der Waals surface area contributed by atoms with Gasteiger partial charge in [0.1, 0.15) is 50.8 Å². The number of hydrogen-bond acceptors (Lipinski definition) is 0. The summed E-state index contributed by atoms with van der Waals surface area (Å²) in [6, 6.07) is 25.4. The summed E-state index contributed by atoms with van der Waals surface area (Å²) in [6.45, 7) is 0. The number of benzene rings is 7. The van der Waals surface area contributed by atoms with Crippen LogP contribution in [-0.2, 0) is 0 Å². The molecule has 17 heteroatoms. The molecule has 0 heterocycles. The smallest absolute Gasteiger partial charge is 0.200 e. The van der Waals surface area contributed by atoms with E-state index in [1.165, 1.54) is 97.1 Å². The number of hydrogen-bond donors (Lipinski definition) is 0. The first-order valence-electron chi connectivity index (χ1n) is 17.4. The summed E-state index contributed by atoms with van der Waals surface area (Å²) < 4.78 is 243. The van der Waals surface area contributed by atoms with Gasteiger partial charge in [-0.25, -0.2) is 65.9 Å². The van der Waals surface area contributed by atoms with Crippen LogP contribution in [0, 0.1) is 87.3 Å². The van der Waals surface area contributed by atoms with Crippen LogP contribution in [0.25, 0.3) is 0 Å². The molecule has 0 N–H and O–H groups in total. The van der Waals surface area contributed by atoms with Gasteiger partial charge < -0.3 is 0 Å². The van der Waals surface area contributed by atoms with E-state index in [4.69, 9.17) is 0 Å². The lowest BCUT2D eigenvalue weighted by atomic mass is 9.13. The Morgan fingerprint density at radius 3 is 0.700 bits per heavy atom. The van der Waals surface area contributed by atoms with Crippen molar-refractivity contribution in [3.63, 3.8) is 0 Å². The summed E-state index contributed by atoms with van der Waals surface area (Å²) in [5.74, 6) is -45.7. The molecule has 0 aromatic heterocycles. The second-order valence-electron chi connectivity index (χ2n) is 13.5. The van der Waals surface area contributed by atoms with Crippen LogP contribution < -0.4 is 32.3 Å². The molecule has 0 aliphatic rings. The fourth-order valence-electron chi connectivity index (χ4n) is 8.39. The molecule has 0 amide bonds. The summed E-state index contributed by atoms with van der Waals surface area (Å²) in [5.41, 5.74) is -11.5. The molecule has 1 atom stereocenters. The van der Waals surface area contributed by atoms with Gasteiger partial charge in [-0.05, 0) is 47.5 Å². The van der Waals surface area contributed by atoms with Crippen molar-refractivity contribution in [3.8, 4) is 0 Å². The van der Waals surface area contributed by atoms with E-state index in [0.29, 0.717) is 0 Å². The van der Waals surface area contributed by atoms with E-state index in [1.54, 1.807) is 0 Å². The Morgan fingerprint density at radius 2 is 0.467 bits per heavy atom. The van der Waals surface area contributed by atoms with Crippen molar-refractivity contribution in [1.29, 1.82) is 0 Å². The largest absolute Gasteiger partial charge is 0.207 e. The molecule has 7 aromatic carbocycles. The van der Waals surface area contributed by atoms with Crippen LogP contribution in [0.2, 0.25) is 0 Å². The number of rotatable bonds is 9. The molecule has 0 bridgehead atoms. The molecule has 306 valence electrons. The lowest BCUT2D eigenvalue weighted by Crippen LogP contribution is -2.77. The highest BCUT2D eigenvalue weighted by Crippen LogP contribution is 2.69. The average molecular weight is 864 g/mol. The van der Waals surface area contributed by atoms with Crippen LogP contribution in [0.15, 0.2) is 121 Å². The first-order chi connectivity index (χ1) is 28.6. The van der Waals surface area contributed by atoms with Gasteiger partial charge in [0.15, 0.2) is 58.5 Å². The van der Waals surface area contributed by atoms with Crippen LogP contribution in [0.4, 0.5) is 65.9 Å². The zero-order valence-corrected chi connectivity index (χ0v) is 30.7. The summed E-state index contributed by atoms with van der Waals surface area (Å²) in [6.07, 6.45) is -6.12. The minimum atomic E-state index is -6.12. The van der Waals surface area contributed by atoms with Crippen LogP contribution >= 0.6 is 7.26 Å². The second kappa shape index (κ2) is 15.9. The molecule has 60 heavy (non-hydrogen) atoms. The van der Waals surface area contributed by atoms with E-state index in [9.17, 15) is 0 Å². The molecule has 1 unspecified atom stereocenters. The molecule has 0 spiro atoms. The SMILES string of the molecule is Fc1c(F)c(F)c([B-](c2c(F)c(F)c(F)c(F)c2F)(c2c(F)c(F)c(F)c(F)c2F)C(c2ccccc2)[P+](c2ccccc2)(c2ccccc2)c2ccccc2)c(F)c1F. The Balaban J connectivity index is 2.01. The molecule has 0 fully saturated rings. The van der Waals surface area contributed by atoms with Gasteiger partial charge in [-0.3, -0.25) is 0 Å². The molecular weight excluding hydrogens is 843 g/mol. The maximum absolute atomic E-state index is 17.1. The van der Waals surface area contributed by atoms with E-state index in [-0.39, 0.29) is 15.9 Å². The normalized spacial score (nSPS) is 12.5. The first-order valence-corrected chi connectivity index (χ1v) is 19.3. The highest BCUT2D eigenvalue weighted by atomic mass is 31.2. The van der Waals surface area contributed by atoms with Crippen molar-refractivity contribution in [1.82, 2.24) is 0 Å². The summed E-state index contributed by atoms with van der Waals surface area (Å²) in [4.78, 5) is 0. The fourth-order valence-corrected chi connectivity index (χ4v) is 13.9. The van der Waals surface area contributed by atoms with Gasteiger partial charge in [-0.15, -0.1) is 16.4 Å². The zero-order valence-electron chi connectivity index (χ0n) is 29.8. The molecule has 0 aliphatic carbocycles. The van der Waals surface area contributed by atoms with Crippen LogP contribution in [-0.4, -0.2) is 6.15 Å². The third kappa shape index (κ3) is 6.01. The third-order valence-electron chi connectivity index (χ3n) is 10.6. The molecule has 0 saturated carbocycles. The van der Waals surface area contributed by atoms with Gasteiger partial charge in [-0.2, -0.15) is 0 Å². The zero-order chi connectivity index (χ0) is 43.4. The van der Waals surface area contributed by atoms with Crippen molar-refractivity contribution in [2.75, 3.05) is 0 Å². The maximum Gasteiger partial charge on any atom is 0.200 e. The Kier molecular flexibility index (Phi) is 11.1. The van der Waals surface area contributed by atoms with Crippen molar-refractivity contribution < 1.29 is 65.9 Å². The maximum atomic E-state index is 17.1. The summed E-state index contributed by atoms with van der Waals surface area (Å²) in [5, 5.41) is -0.336. The van der Waals surface area contributed by atoms with Gasteiger partial charge in [-0.1, -0.05) is 84.9 Å². The predicted molar refractivity (Wildman–Crippen MR) is 198 cm³/mol. The Hall–Kier alpha value is -6.02. The van der Waals surface area contributed by atoms with E-state index < -0.39 is 128 Å². The van der Waals surface area contributed by atoms with E-state index in [2.05, 4.69) is 0 Å². The van der Waals surface area contributed by atoms with Crippen molar-refractivity contribution >= 4 is 45.7 Å². The van der Waals surface area contributed by atoms with Crippen molar-refractivity contribution in [3.05, 3.63) is 214 Å². The molecular formula is C43H21BF15P. The van der Waals surface area contributed by atoms with E-state index in [0.717, 1.165) is 24.3 Å². The monoisotopic (exact) mass is 864 g/mol. The highest BCUT2D eigenvalue weighted by molar-refractivity contribution is 7.98. The fraction of sp³-hybridized carbons (Fsp3) is 0.0233. The standard InChI is InChI=1S/C43H21BF15P/c45-28-25(29(46)35(52)40(57)34(28)51)44(26-30(47)36(53)41(58)37(54)31(26)48,27-32(49)38(55)42(59)39(56)33(27)50)43(21-13-5-1-6-14-21)60(22-15-7-2-8-16-22,23-17-9-3-10-18-23)24-19-11-4-12-20-24/h1-20,43H. The minimum absolute atomic E-state index is 0.112. The van der Waals surface area contributed by atoms with Crippen LogP contribution in [0.1, 0.15) is 11.1 Å². The molecule has 0 nitrogen and oxygen atoms in total. The van der Waals surface area contributed by atoms with Crippen LogP contribution in [0.5, 0.6) is 0 Å². The van der Waals surface area contributed by atoms with E-state index >= 15 is 65.9 Å². The molecule has 0 saturated heterocycles. The molecule has 0 aliphatic heterocycles.